The van der Waals surface area contributed by atoms with Gasteiger partial charge in [-0.1, -0.05) is 33.1 Å². The predicted octanol–water partition coefficient (Wildman–Crippen LogP) is 1.48. The van der Waals surface area contributed by atoms with Crippen LogP contribution in [0.2, 0.25) is 0 Å². The van der Waals surface area contributed by atoms with E-state index in [0.717, 1.165) is 19.3 Å². The first kappa shape index (κ1) is 18.9. The highest BCUT2D eigenvalue weighted by molar-refractivity contribution is 7.87. The van der Waals surface area contributed by atoms with Crippen LogP contribution in [-0.4, -0.2) is 41.9 Å². The van der Waals surface area contributed by atoms with Crippen molar-refractivity contribution >= 4 is 22.1 Å². The summed E-state index contributed by atoms with van der Waals surface area (Å²) in [5.41, 5.74) is 0. The molecule has 0 aromatic carbocycles. The quantitative estimate of drug-likeness (QED) is 0.356. The van der Waals surface area contributed by atoms with Crippen LogP contribution in [0, 0.1) is 5.92 Å². The van der Waals surface area contributed by atoms with Crippen LogP contribution in [0.25, 0.3) is 0 Å². The molecule has 0 aromatic rings. The standard InChI is InChI=1S/C12H22O7S/c1-9(2)6-4-3-5-7-19-12(15)10(8-11(13)14)20(16,17)18/h9-10H,3-8H2,1-2H3,(H,13,14)(H,16,17,18). The van der Waals surface area contributed by atoms with Crippen LogP contribution in [-0.2, 0) is 24.4 Å². The number of hydrogen-bond acceptors (Lipinski definition) is 5. The number of carboxylic acids is 1. The van der Waals surface area contributed by atoms with Crippen molar-refractivity contribution < 1.29 is 32.4 Å². The van der Waals surface area contributed by atoms with Crippen LogP contribution in [0.1, 0.15) is 46.0 Å². The topological polar surface area (TPSA) is 118 Å². The third-order valence-corrected chi connectivity index (χ3v) is 3.73. The zero-order chi connectivity index (χ0) is 15.8. The highest BCUT2D eigenvalue weighted by Crippen LogP contribution is 2.10. The van der Waals surface area contributed by atoms with Crippen LogP contribution in [0.15, 0.2) is 0 Å². The molecule has 7 nitrogen and oxygen atoms in total. The molecular formula is C12H22O7S. The van der Waals surface area contributed by atoms with Gasteiger partial charge in [-0.25, -0.2) is 0 Å². The minimum absolute atomic E-state index is 0.0164. The van der Waals surface area contributed by atoms with Gasteiger partial charge in [-0.2, -0.15) is 8.42 Å². The zero-order valence-electron chi connectivity index (χ0n) is 11.7. The van der Waals surface area contributed by atoms with Crippen molar-refractivity contribution in [1.82, 2.24) is 0 Å². The summed E-state index contributed by atoms with van der Waals surface area (Å²) in [6, 6.07) is 0. The van der Waals surface area contributed by atoms with Gasteiger partial charge in [0.25, 0.3) is 10.1 Å². The number of ether oxygens (including phenoxy) is 1. The van der Waals surface area contributed by atoms with E-state index in [1.54, 1.807) is 0 Å². The SMILES string of the molecule is CC(C)CCCCCOC(=O)C(CC(=O)O)S(=O)(=O)O. The van der Waals surface area contributed by atoms with Gasteiger partial charge in [0.1, 0.15) is 0 Å². The molecule has 0 radical (unpaired) electrons. The van der Waals surface area contributed by atoms with Crippen molar-refractivity contribution in [3.05, 3.63) is 0 Å². The molecule has 0 aromatic heterocycles. The minimum atomic E-state index is -4.77. The fourth-order valence-electron chi connectivity index (χ4n) is 1.57. The lowest BCUT2D eigenvalue weighted by atomic mass is 10.1. The molecule has 20 heavy (non-hydrogen) atoms. The molecule has 0 saturated carbocycles. The summed E-state index contributed by atoms with van der Waals surface area (Å²) in [5.74, 6) is -2.13. The van der Waals surface area contributed by atoms with Crippen LogP contribution >= 0.6 is 0 Å². The van der Waals surface area contributed by atoms with Gasteiger partial charge in [0.05, 0.1) is 13.0 Å². The molecule has 0 heterocycles. The Labute approximate surface area is 119 Å². The maximum absolute atomic E-state index is 11.4. The summed E-state index contributed by atoms with van der Waals surface area (Å²) in [6.45, 7) is 4.22. The summed E-state index contributed by atoms with van der Waals surface area (Å²) >= 11 is 0. The highest BCUT2D eigenvalue weighted by atomic mass is 32.2. The smallest absolute Gasteiger partial charge is 0.327 e. The van der Waals surface area contributed by atoms with E-state index in [4.69, 9.17) is 14.4 Å². The molecule has 0 spiro atoms. The van der Waals surface area contributed by atoms with Crippen molar-refractivity contribution in [3.63, 3.8) is 0 Å². The van der Waals surface area contributed by atoms with Gasteiger partial charge in [0, 0.05) is 0 Å². The Morgan fingerprint density at radius 2 is 1.75 bits per heavy atom. The van der Waals surface area contributed by atoms with Crippen LogP contribution < -0.4 is 0 Å². The molecule has 0 fully saturated rings. The Morgan fingerprint density at radius 3 is 2.20 bits per heavy atom. The second-order valence-electron chi connectivity index (χ2n) is 5.01. The Bertz CT molecular complexity index is 414. The van der Waals surface area contributed by atoms with Gasteiger partial charge in [-0.05, 0) is 12.3 Å². The first-order valence-electron chi connectivity index (χ1n) is 6.49. The fraction of sp³-hybridized carbons (Fsp3) is 0.833. The molecule has 0 aliphatic heterocycles. The van der Waals surface area contributed by atoms with E-state index in [0.29, 0.717) is 12.3 Å². The second kappa shape index (κ2) is 8.91. The van der Waals surface area contributed by atoms with Gasteiger partial charge < -0.3 is 9.84 Å². The highest BCUT2D eigenvalue weighted by Gasteiger charge is 2.34. The molecule has 0 saturated heterocycles. The normalized spacial score (nSPS) is 13.2. The number of esters is 1. The molecule has 1 atom stereocenters. The van der Waals surface area contributed by atoms with E-state index >= 15 is 0 Å². The molecule has 0 bridgehead atoms. The van der Waals surface area contributed by atoms with Gasteiger partial charge in [0.15, 0.2) is 5.25 Å². The van der Waals surface area contributed by atoms with Crippen molar-refractivity contribution in [2.24, 2.45) is 5.92 Å². The summed E-state index contributed by atoms with van der Waals surface area (Å²) in [4.78, 5) is 21.9. The minimum Gasteiger partial charge on any atom is -0.481 e. The lowest BCUT2D eigenvalue weighted by Crippen LogP contribution is -2.34. The lowest BCUT2D eigenvalue weighted by Gasteiger charge is -2.11. The van der Waals surface area contributed by atoms with E-state index < -0.39 is 33.7 Å². The number of carbonyl (C=O) groups is 2. The molecule has 0 amide bonds. The summed E-state index contributed by atoms with van der Waals surface area (Å²) in [7, 11) is -4.77. The molecule has 0 aliphatic rings. The number of carbonyl (C=O) groups excluding carboxylic acids is 1. The van der Waals surface area contributed by atoms with Crippen LogP contribution in [0.4, 0.5) is 0 Å². The van der Waals surface area contributed by atoms with Gasteiger partial charge in [-0.3, -0.25) is 14.1 Å². The van der Waals surface area contributed by atoms with E-state index in [2.05, 4.69) is 13.8 Å². The maximum atomic E-state index is 11.4. The van der Waals surface area contributed by atoms with E-state index in [1.807, 2.05) is 0 Å². The summed E-state index contributed by atoms with van der Waals surface area (Å²) < 4.78 is 35.3. The Hall–Kier alpha value is -1.15. The van der Waals surface area contributed by atoms with Crippen molar-refractivity contribution in [2.45, 2.75) is 51.2 Å². The Kier molecular flexibility index (Phi) is 8.40. The van der Waals surface area contributed by atoms with E-state index in [9.17, 15) is 18.0 Å². The number of carboxylic acid groups (broad SMARTS) is 1. The van der Waals surface area contributed by atoms with E-state index in [-0.39, 0.29) is 6.61 Å². The molecule has 2 N–H and O–H groups in total. The summed E-state index contributed by atoms with van der Waals surface area (Å²) in [6.07, 6.45) is 2.43. The van der Waals surface area contributed by atoms with E-state index in [1.165, 1.54) is 0 Å². The third kappa shape index (κ3) is 8.87. The van der Waals surface area contributed by atoms with Crippen LogP contribution in [0.3, 0.4) is 0 Å². The van der Waals surface area contributed by atoms with Crippen molar-refractivity contribution in [2.75, 3.05) is 6.61 Å². The monoisotopic (exact) mass is 310 g/mol. The second-order valence-corrected chi connectivity index (χ2v) is 6.61. The molecule has 118 valence electrons. The van der Waals surface area contributed by atoms with Crippen molar-refractivity contribution in [1.29, 1.82) is 0 Å². The Balaban J connectivity index is 4.12. The van der Waals surface area contributed by atoms with Gasteiger partial charge in [0.2, 0.25) is 0 Å². The Morgan fingerprint density at radius 1 is 1.15 bits per heavy atom. The van der Waals surface area contributed by atoms with Crippen LogP contribution in [0.5, 0.6) is 0 Å². The molecule has 8 heteroatoms. The average molecular weight is 310 g/mol. The third-order valence-electron chi connectivity index (χ3n) is 2.65. The molecule has 1 unspecified atom stereocenters. The predicted molar refractivity (Wildman–Crippen MR) is 71.9 cm³/mol. The first-order valence-corrected chi connectivity index (χ1v) is 7.99. The number of hydrogen-bond donors (Lipinski definition) is 2. The summed E-state index contributed by atoms with van der Waals surface area (Å²) in [5, 5.41) is 6.45. The first-order chi connectivity index (χ1) is 9.14. The zero-order valence-corrected chi connectivity index (χ0v) is 12.6. The van der Waals surface area contributed by atoms with Gasteiger partial charge in [-0.15, -0.1) is 0 Å². The molecule has 0 aliphatic carbocycles. The lowest BCUT2D eigenvalue weighted by molar-refractivity contribution is -0.147. The van der Waals surface area contributed by atoms with Gasteiger partial charge >= 0.3 is 11.9 Å². The molecule has 0 rings (SSSR count). The maximum Gasteiger partial charge on any atom is 0.327 e. The fourth-order valence-corrected chi connectivity index (χ4v) is 2.23. The number of aliphatic carboxylic acids is 1. The molecular weight excluding hydrogens is 288 g/mol. The van der Waals surface area contributed by atoms with Crippen molar-refractivity contribution in [3.8, 4) is 0 Å². The largest absolute Gasteiger partial charge is 0.481 e. The number of rotatable bonds is 10. The average Bonchev–Trinajstić information content (AvgIpc) is 2.28. The number of unbranched alkanes of at least 4 members (excludes halogenated alkanes) is 2.